The lowest BCUT2D eigenvalue weighted by Gasteiger charge is -2.05. The largest absolute Gasteiger partial charge is 0.298 e. The lowest BCUT2D eigenvalue weighted by Crippen LogP contribution is -2.02. The summed E-state index contributed by atoms with van der Waals surface area (Å²) in [6, 6.07) is 0.191. The highest BCUT2D eigenvalue weighted by molar-refractivity contribution is 6.31. The molecular weight excluding hydrogens is 164 g/mol. The van der Waals surface area contributed by atoms with Gasteiger partial charge in [0, 0.05) is 6.04 Å². The van der Waals surface area contributed by atoms with Gasteiger partial charge in [0.15, 0.2) is 6.29 Å². The minimum absolute atomic E-state index is 0.191. The zero-order valence-corrected chi connectivity index (χ0v) is 7.17. The van der Waals surface area contributed by atoms with Gasteiger partial charge in [-0.3, -0.25) is 9.48 Å². The maximum absolute atomic E-state index is 10.3. The summed E-state index contributed by atoms with van der Waals surface area (Å²) in [5.74, 6) is 0. The van der Waals surface area contributed by atoms with Crippen LogP contribution in [0, 0.1) is 0 Å². The maximum atomic E-state index is 10.3. The quantitative estimate of drug-likeness (QED) is 0.639. The van der Waals surface area contributed by atoms with Crippen molar-refractivity contribution in [2.75, 3.05) is 0 Å². The van der Waals surface area contributed by atoms with Gasteiger partial charge in [0.25, 0.3) is 0 Å². The average Bonchev–Trinajstić information content (AvgIpc) is 2.30. The molecule has 1 rings (SSSR count). The Morgan fingerprint density at radius 2 is 2.36 bits per heavy atom. The number of halogens is 1. The zero-order chi connectivity index (χ0) is 8.43. The van der Waals surface area contributed by atoms with E-state index in [4.69, 9.17) is 11.6 Å². The Labute approximate surface area is 70.0 Å². The number of carbonyl (C=O) groups is 1. The highest BCUT2D eigenvalue weighted by Crippen LogP contribution is 2.17. The van der Waals surface area contributed by atoms with Crippen LogP contribution in [0.3, 0.4) is 0 Å². The van der Waals surface area contributed by atoms with Crippen molar-refractivity contribution in [1.29, 1.82) is 0 Å². The van der Waals surface area contributed by atoms with Crippen LogP contribution in [0.25, 0.3) is 0 Å². The van der Waals surface area contributed by atoms with Crippen LogP contribution in [0.1, 0.15) is 30.2 Å². The molecule has 0 saturated carbocycles. The standard InChI is InChI=1S/C7H9ClN2O/c1-5(2)10-7(8)6(4-11)3-9-10/h3-5H,1-2H3. The minimum Gasteiger partial charge on any atom is -0.298 e. The molecule has 3 nitrogen and oxygen atoms in total. The predicted molar refractivity (Wildman–Crippen MR) is 43.0 cm³/mol. The second kappa shape index (κ2) is 3.05. The number of nitrogens with zero attached hydrogens (tertiary/aromatic N) is 2. The first-order valence-corrected chi connectivity index (χ1v) is 3.72. The van der Waals surface area contributed by atoms with Gasteiger partial charge in [-0.25, -0.2) is 0 Å². The summed E-state index contributed by atoms with van der Waals surface area (Å²) >= 11 is 5.79. The number of hydrogen-bond acceptors (Lipinski definition) is 2. The SMILES string of the molecule is CC(C)n1ncc(C=O)c1Cl. The number of rotatable bonds is 2. The molecule has 0 aromatic carbocycles. The molecule has 0 saturated heterocycles. The fraction of sp³-hybridized carbons (Fsp3) is 0.429. The Hall–Kier alpha value is -0.830. The molecule has 11 heavy (non-hydrogen) atoms. The van der Waals surface area contributed by atoms with Crippen LogP contribution in [0.15, 0.2) is 6.20 Å². The third-order valence-electron chi connectivity index (χ3n) is 1.38. The summed E-state index contributed by atoms with van der Waals surface area (Å²) in [6.07, 6.45) is 2.17. The molecule has 0 aliphatic heterocycles. The van der Waals surface area contributed by atoms with Crippen molar-refractivity contribution in [2.45, 2.75) is 19.9 Å². The van der Waals surface area contributed by atoms with Crippen molar-refractivity contribution >= 4 is 17.9 Å². The summed E-state index contributed by atoms with van der Waals surface area (Å²) in [5, 5.41) is 4.35. The van der Waals surface area contributed by atoms with E-state index in [0.717, 1.165) is 0 Å². The van der Waals surface area contributed by atoms with E-state index >= 15 is 0 Å². The van der Waals surface area contributed by atoms with Gasteiger partial charge in [0.05, 0.1) is 11.8 Å². The van der Waals surface area contributed by atoms with E-state index in [1.807, 2.05) is 13.8 Å². The van der Waals surface area contributed by atoms with Gasteiger partial charge in [0.1, 0.15) is 5.15 Å². The second-order valence-corrected chi connectivity index (χ2v) is 2.90. The van der Waals surface area contributed by atoms with Gasteiger partial charge in [-0.05, 0) is 13.8 Å². The van der Waals surface area contributed by atoms with Gasteiger partial charge in [0.2, 0.25) is 0 Å². The summed E-state index contributed by atoms with van der Waals surface area (Å²) in [4.78, 5) is 10.3. The minimum atomic E-state index is 0.191. The van der Waals surface area contributed by atoms with E-state index < -0.39 is 0 Å². The Bertz CT molecular complexity index is 267. The first-order chi connectivity index (χ1) is 5.16. The smallest absolute Gasteiger partial charge is 0.154 e. The average molecular weight is 173 g/mol. The van der Waals surface area contributed by atoms with Gasteiger partial charge in [-0.2, -0.15) is 5.10 Å². The van der Waals surface area contributed by atoms with E-state index in [1.54, 1.807) is 4.68 Å². The summed E-state index contributed by atoms with van der Waals surface area (Å²) in [7, 11) is 0. The highest BCUT2D eigenvalue weighted by atomic mass is 35.5. The molecule has 0 bridgehead atoms. The predicted octanol–water partition coefficient (Wildman–Crippen LogP) is 1.93. The van der Waals surface area contributed by atoms with Gasteiger partial charge in [-0.1, -0.05) is 11.6 Å². The first-order valence-electron chi connectivity index (χ1n) is 3.35. The molecule has 60 valence electrons. The topological polar surface area (TPSA) is 34.9 Å². The van der Waals surface area contributed by atoms with E-state index in [2.05, 4.69) is 5.10 Å². The summed E-state index contributed by atoms with van der Waals surface area (Å²) in [6.45, 7) is 3.90. The molecule has 0 spiro atoms. The van der Waals surface area contributed by atoms with Crippen LogP contribution in [0.4, 0.5) is 0 Å². The van der Waals surface area contributed by atoms with Crippen molar-refractivity contribution in [3.63, 3.8) is 0 Å². The molecule has 1 aromatic heterocycles. The van der Waals surface area contributed by atoms with Gasteiger partial charge in [-0.15, -0.1) is 0 Å². The molecule has 0 amide bonds. The van der Waals surface area contributed by atoms with Crippen molar-refractivity contribution < 1.29 is 4.79 Å². The Morgan fingerprint density at radius 3 is 2.64 bits per heavy atom. The normalized spacial score (nSPS) is 10.5. The fourth-order valence-corrected chi connectivity index (χ4v) is 1.13. The van der Waals surface area contributed by atoms with Crippen molar-refractivity contribution in [2.24, 2.45) is 0 Å². The second-order valence-electron chi connectivity index (χ2n) is 2.55. The number of aldehydes is 1. The molecule has 0 unspecified atom stereocenters. The molecule has 0 aliphatic carbocycles. The third kappa shape index (κ3) is 1.43. The van der Waals surface area contributed by atoms with Gasteiger partial charge < -0.3 is 0 Å². The maximum Gasteiger partial charge on any atom is 0.154 e. The van der Waals surface area contributed by atoms with Crippen molar-refractivity contribution in [3.8, 4) is 0 Å². The van der Waals surface area contributed by atoms with Crippen LogP contribution < -0.4 is 0 Å². The molecule has 4 heteroatoms. The van der Waals surface area contributed by atoms with Crippen LogP contribution >= 0.6 is 11.6 Å². The fourth-order valence-electron chi connectivity index (χ4n) is 0.800. The van der Waals surface area contributed by atoms with Crippen LogP contribution in [0.5, 0.6) is 0 Å². The van der Waals surface area contributed by atoms with E-state index in [1.165, 1.54) is 6.20 Å². The molecule has 0 fully saturated rings. The van der Waals surface area contributed by atoms with Gasteiger partial charge >= 0.3 is 0 Å². The molecule has 0 atom stereocenters. The lowest BCUT2D eigenvalue weighted by molar-refractivity contribution is 0.112. The van der Waals surface area contributed by atoms with Crippen molar-refractivity contribution in [1.82, 2.24) is 9.78 Å². The summed E-state index contributed by atoms with van der Waals surface area (Å²) in [5.41, 5.74) is 0.445. The molecule has 0 radical (unpaired) electrons. The monoisotopic (exact) mass is 172 g/mol. The molecule has 1 aromatic rings. The first kappa shape index (κ1) is 8.27. The van der Waals surface area contributed by atoms with E-state index in [9.17, 15) is 4.79 Å². The van der Waals surface area contributed by atoms with E-state index in [-0.39, 0.29) is 6.04 Å². The highest BCUT2D eigenvalue weighted by Gasteiger charge is 2.08. The zero-order valence-electron chi connectivity index (χ0n) is 6.41. The molecule has 0 N–H and O–H groups in total. The van der Waals surface area contributed by atoms with Crippen LogP contribution in [0.2, 0.25) is 5.15 Å². The molecule has 0 aliphatic rings. The number of aromatic nitrogens is 2. The Kier molecular flexibility index (Phi) is 2.29. The van der Waals surface area contributed by atoms with Crippen LogP contribution in [-0.4, -0.2) is 16.1 Å². The molecule has 1 heterocycles. The van der Waals surface area contributed by atoms with Crippen LogP contribution in [-0.2, 0) is 0 Å². The van der Waals surface area contributed by atoms with Crippen molar-refractivity contribution in [3.05, 3.63) is 16.9 Å². The van der Waals surface area contributed by atoms with E-state index in [0.29, 0.717) is 17.0 Å². The third-order valence-corrected chi connectivity index (χ3v) is 1.77. The Balaban J connectivity index is 3.10. The Morgan fingerprint density at radius 1 is 1.73 bits per heavy atom. The number of carbonyl (C=O) groups excluding carboxylic acids is 1. The lowest BCUT2D eigenvalue weighted by atomic mass is 10.4. The number of hydrogen-bond donors (Lipinski definition) is 0. The molecular formula is C7H9ClN2O. The summed E-state index contributed by atoms with van der Waals surface area (Å²) < 4.78 is 1.60.